The molecule has 1 atom stereocenters. The molecule has 0 saturated carbocycles. The van der Waals surface area contributed by atoms with E-state index in [1.807, 2.05) is 12.1 Å². The van der Waals surface area contributed by atoms with E-state index in [9.17, 15) is 14.0 Å². The van der Waals surface area contributed by atoms with Crippen molar-refractivity contribution in [2.45, 2.75) is 19.8 Å². The highest BCUT2D eigenvalue weighted by Crippen LogP contribution is 2.34. The average Bonchev–Trinajstić information content (AvgIpc) is 3.07. The zero-order valence-electron chi connectivity index (χ0n) is 15.7. The minimum absolute atomic E-state index is 0.137. The van der Waals surface area contributed by atoms with E-state index in [4.69, 9.17) is 0 Å². The third kappa shape index (κ3) is 4.04. The van der Waals surface area contributed by atoms with E-state index >= 15 is 0 Å². The molecule has 1 N–H and O–H groups in total. The van der Waals surface area contributed by atoms with Gasteiger partial charge in [0.15, 0.2) is 0 Å². The number of fused-ring (bicyclic) bond motifs is 1. The molecular weight excluding hydrogens is 457 g/mol. The van der Waals surface area contributed by atoms with E-state index in [0.29, 0.717) is 41.2 Å². The molecule has 3 heterocycles. The van der Waals surface area contributed by atoms with Gasteiger partial charge >= 0.3 is 0 Å². The fourth-order valence-corrected chi connectivity index (χ4v) is 5.08. The first-order valence-corrected chi connectivity index (χ1v) is 10.9. The van der Waals surface area contributed by atoms with Gasteiger partial charge in [-0.05, 0) is 65.5 Å². The fourth-order valence-electron chi connectivity index (χ4n) is 3.65. The van der Waals surface area contributed by atoms with Crippen molar-refractivity contribution in [3.63, 3.8) is 0 Å². The minimum Gasteiger partial charge on any atom is -0.337 e. The Bertz CT molecular complexity index is 1080. The monoisotopic (exact) mass is 475 g/mol. The summed E-state index contributed by atoms with van der Waals surface area (Å²) >= 11 is 4.62. The summed E-state index contributed by atoms with van der Waals surface area (Å²) in [7, 11) is 0. The summed E-state index contributed by atoms with van der Waals surface area (Å²) in [6, 6.07) is 8.42. The van der Waals surface area contributed by atoms with Crippen LogP contribution in [-0.4, -0.2) is 34.8 Å². The minimum atomic E-state index is -0.312. The maximum absolute atomic E-state index is 14.2. The first-order valence-electron chi connectivity index (χ1n) is 9.33. The predicted molar refractivity (Wildman–Crippen MR) is 116 cm³/mol. The molecule has 1 unspecified atom stereocenters. The fraction of sp³-hybridized carbons (Fsp3) is 0.286. The highest BCUT2D eigenvalue weighted by Gasteiger charge is 2.31. The number of anilines is 1. The number of hydrogen-bond donors (Lipinski definition) is 1. The van der Waals surface area contributed by atoms with Crippen molar-refractivity contribution in [2.24, 2.45) is 5.92 Å². The summed E-state index contributed by atoms with van der Waals surface area (Å²) in [5.74, 6) is -0.408. The van der Waals surface area contributed by atoms with E-state index in [-0.39, 0.29) is 23.5 Å². The molecule has 0 aliphatic carbocycles. The summed E-state index contributed by atoms with van der Waals surface area (Å²) in [5.41, 5.74) is 0.665. The smallest absolute Gasteiger partial charge is 0.264 e. The van der Waals surface area contributed by atoms with Crippen LogP contribution >= 0.6 is 27.3 Å². The second-order valence-electron chi connectivity index (χ2n) is 7.11. The summed E-state index contributed by atoms with van der Waals surface area (Å²) in [5, 5.41) is 3.33. The van der Waals surface area contributed by atoms with Gasteiger partial charge in [0.1, 0.15) is 11.6 Å². The van der Waals surface area contributed by atoms with Crippen LogP contribution in [0.25, 0.3) is 10.1 Å². The van der Waals surface area contributed by atoms with Gasteiger partial charge in [0.25, 0.3) is 5.91 Å². The average molecular weight is 476 g/mol. The molecule has 1 aromatic carbocycles. The topological polar surface area (TPSA) is 62.3 Å². The van der Waals surface area contributed by atoms with Crippen LogP contribution < -0.4 is 5.32 Å². The van der Waals surface area contributed by atoms with Gasteiger partial charge in [0, 0.05) is 33.8 Å². The first kappa shape index (κ1) is 20.0. The molecule has 4 rings (SSSR count). The molecule has 0 radical (unpaired) electrons. The third-order valence-corrected chi connectivity index (χ3v) is 6.87. The van der Waals surface area contributed by atoms with Crippen molar-refractivity contribution in [3.8, 4) is 0 Å². The first-order chi connectivity index (χ1) is 13.9. The van der Waals surface area contributed by atoms with Gasteiger partial charge in [0.2, 0.25) is 5.91 Å². The van der Waals surface area contributed by atoms with E-state index in [1.54, 1.807) is 30.2 Å². The van der Waals surface area contributed by atoms with Crippen molar-refractivity contribution in [1.29, 1.82) is 0 Å². The van der Waals surface area contributed by atoms with Gasteiger partial charge in [-0.15, -0.1) is 11.3 Å². The molecule has 8 heteroatoms. The summed E-state index contributed by atoms with van der Waals surface area (Å²) in [6.07, 6.45) is 3.08. The Kier molecular flexibility index (Phi) is 5.65. The van der Waals surface area contributed by atoms with Gasteiger partial charge in [-0.2, -0.15) is 0 Å². The second kappa shape index (κ2) is 8.20. The molecule has 3 aromatic rings. The van der Waals surface area contributed by atoms with Crippen LogP contribution in [-0.2, 0) is 4.79 Å². The molecule has 29 heavy (non-hydrogen) atoms. The van der Waals surface area contributed by atoms with Crippen LogP contribution in [0.15, 0.2) is 41.0 Å². The van der Waals surface area contributed by atoms with E-state index in [0.717, 1.165) is 15.6 Å². The number of carbonyl (C=O) groups is 2. The Morgan fingerprint density at radius 1 is 1.31 bits per heavy atom. The van der Waals surface area contributed by atoms with Crippen molar-refractivity contribution in [2.75, 3.05) is 18.4 Å². The number of pyridine rings is 1. The zero-order valence-corrected chi connectivity index (χ0v) is 18.1. The van der Waals surface area contributed by atoms with E-state index < -0.39 is 0 Å². The van der Waals surface area contributed by atoms with Gasteiger partial charge in [-0.25, -0.2) is 9.37 Å². The quantitative estimate of drug-likeness (QED) is 0.579. The number of piperidine rings is 1. The number of carbonyl (C=O) groups excluding carboxylic acids is 2. The number of benzene rings is 1. The Labute approximate surface area is 180 Å². The van der Waals surface area contributed by atoms with Crippen molar-refractivity contribution >= 4 is 55.0 Å². The molecule has 2 aromatic heterocycles. The number of likely N-dealkylation sites (tertiary alicyclic amines) is 1. The summed E-state index contributed by atoms with van der Waals surface area (Å²) < 4.78 is 15.8. The van der Waals surface area contributed by atoms with Crippen molar-refractivity contribution < 1.29 is 14.0 Å². The Morgan fingerprint density at radius 2 is 2.14 bits per heavy atom. The lowest BCUT2D eigenvalue weighted by molar-refractivity contribution is -0.121. The van der Waals surface area contributed by atoms with Crippen molar-refractivity contribution in [3.05, 3.63) is 57.3 Å². The Balaban J connectivity index is 1.50. The molecule has 0 spiro atoms. The lowest BCUT2D eigenvalue weighted by atomic mass is 9.96. The van der Waals surface area contributed by atoms with Gasteiger partial charge in [0.05, 0.1) is 10.8 Å². The van der Waals surface area contributed by atoms with Crippen LogP contribution in [0.1, 0.15) is 28.1 Å². The van der Waals surface area contributed by atoms with Crippen molar-refractivity contribution in [1.82, 2.24) is 9.88 Å². The Hall–Kier alpha value is -2.32. The maximum atomic E-state index is 14.2. The Morgan fingerprint density at radius 3 is 2.86 bits per heavy atom. The summed E-state index contributed by atoms with van der Waals surface area (Å²) in [4.78, 5) is 32.2. The van der Waals surface area contributed by atoms with Crippen LogP contribution in [0.2, 0.25) is 0 Å². The number of aromatic nitrogens is 1. The standard InChI is InChI=1S/C21H19BrFN3O2S/c1-12-18-15(23)5-2-6-16(18)29-19(12)21(28)26-9-3-4-13(11-26)20(27)25-17-8-7-14(22)10-24-17/h2,5-8,10,13H,3-4,9,11H2,1H3,(H,24,25,27). The SMILES string of the molecule is Cc1c(C(=O)N2CCCC(C(=O)Nc3ccc(Br)cn3)C2)sc2cccc(F)c12. The normalized spacial score (nSPS) is 16.8. The van der Waals surface area contributed by atoms with Crippen LogP contribution in [0.3, 0.4) is 0 Å². The molecule has 5 nitrogen and oxygen atoms in total. The maximum Gasteiger partial charge on any atom is 0.264 e. The number of thiophene rings is 1. The lowest BCUT2D eigenvalue weighted by Gasteiger charge is -2.31. The number of nitrogens with one attached hydrogen (secondary N) is 1. The molecule has 1 aliphatic rings. The van der Waals surface area contributed by atoms with E-state index in [1.165, 1.54) is 17.4 Å². The summed E-state index contributed by atoms with van der Waals surface area (Å²) in [6.45, 7) is 2.72. The number of rotatable bonds is 3. The number of nitrogens with zero attached hydrogens (tertiary/aromatic N) is 2. The van der Waals surface area contributed by atoms with Crippen LogP contribution in [0.4, 0.5) is 10.2 Å². The molecule has 1 aliphatic heterocycles. The van der Waals surface area contributed by atoms with Crippen LogP contribution in [0.5, 0.6) is 0 Å². The second-order valence-corrected chi connectivity index (χ2v) is 9.08. The van der Waals surface area contributed by atoms with E-state index in [2.05, 4.69) is 26.2 Å². The van der Waals surface area contributed by atoms with Gasteiger partial charge in [-0.3, -0.25) is 9.59 Å². The molecular formula is C21H19BrFN3O2S. The predicted octanol–water partition coefficient (Wildman–Crippen LogP) is 5.00. The van der Waals surface area contributed by atoms with Gasteiger partial charge in [-0.1, -0.05) is 6.07 Å². The zero-order chi connectivity index (χ0) is 20.5. The number of hydrogen-bond acceptors (Lipinski definition) is 4. The van der Waals surface area contributed by atoms with Crippen LogP contribution in [0, 0.1) is 18.7 Å². The highest BCUT2D eigenvalue weighted by molar-refractivity contribution is 9.10. The lowest BCUT2D eigenvalue weighted by Crippen LogP contribution is -2.43. The molecule has 0 bridgehead atoms. The molecule has 150 valence electrons. The third-order valence-electron chi connectivity index (χ3n) is 5.16. The number of aryl methyl sites for hydroxylation is 1. The molecule has 1 saturated heterocycles. The number of halogens is 2. The number of amides is 2. The van der Waals surface area contributed by atoms with Gasteiger partial charge < -0.3 is 10.2 Å². The largest absolute Gasteiger partial charge is 0.337 e. The molecule has 2 amide bonds. The molecule has 1 fully saturated rings. The highest BCUT2D eigenvalue weighted by atomic mass is 79.9.